The second-order valence-corrected chi connectivity index (χ2v) is 5.79. The van der Waals surface area contributed by atoms with Crippen LogP contribution in [-0.4, -0.2) is 45.7 Å². The van der Waals surface area contributed by atoms with E-state index in [2.05, 4.69) is 4.98 Å². The third-order valence-electron chi connectivity index (χ3n) is 3.97. The molecular formula is C16H17FN2O4. The zero-order valence-electron chi connectivity index (χ0n) is 12.6. The second-order valence-electron chi connectivity index (χ2n) is 5.79. The zero-order chi connectivity index (χ0) is 16.4. The Morgan fingerprint density at radius 3 is 3.09 bits per heavy atom. The minimum Gasteiger partial charge on any atom is -0.485 e. The first-order valence-electron chi connectivity index (χ1n) is 7.28. The third kappa shape index (κ3) is 3.34. The molecule has 0 bridgehead atoms. The fraction of sp³-hybridized carbons (Fsp3) is 0.375. The van der Waals surface area contributed by atoms with E-state index in [-0.39, 0.29) is 18.2 Å². The first kappa shape index (κ1) is 15.5. The first-order chi connectivity index (χ1) is 11.0. The van der Waals surface area contributed by atoms with E-state index in [0.29, 0.717) is 18.7 Å². The van der Waals surface area contributed by atoms with Gasteiger partial charge in [0.2, 0.25) is 5.76 Å². The lowest BCUT2D eigenvalue weighted by molar-refractivity contribution is -0.0885. The summed E-state index contributed by atoms with van der Waals surface area (Å²) < 4.78 is 24.0. The number of aromatic nitrogens is 1. The van der Waals surface area contributed by atoms with E-state index in [1.54, 1.807) is 13.0 Å². The van der Waals surface area contributed by atoms with E-state index >= 15 is 0 Å². The van der Waals surface area contributed by atoms with Crippen molar-refractivity contribution < 1.29 is 23.4 Å². The molecule has 2 heterocycles. The first-order valence-corrected chi connectivity index (χ1v) is 7.28. The lowest BCUT2D eigenvalue weighted by Gasteiger charge is -2.42. The number of carbonyl (C=O) groups excluding carboxylic acids is 1. The average molecular weight is 320 g/mol. The van der Waals surface area contributed by atoms with Crippen molar-refractivity contribution in [3.05, 3.63) is 48.4 Å². The largest absolute Gasteiger partial charge is 0.485 e. The molecule has 0 radical (unpaired) electrons. The van der Waals surface area contributed by atoms with Gasteiger partial charge in [0.25, 0.3) is 5.91 Å². The van der Waals surface area contributed by atoms with Crippen molar-refractivity contribution in [2.45, 2.75) is 25.0 Å². The van der Waals surface area contributed by atoms with Crippen LogP contribution >= 0.6 is 0 Å². The summed E-state index contributed by atoms with van der Waals surface area (Å²) in [5, 5.41) is 10.5. The molecule has 0 unspecified atom stereocenters. The van der Waals surface area contributed by atoms with Crippen LogP contribution in [0.25, 0.3) is 0 Å². The van der Waals surface area contributed by atoms with E-state index in [0.717, 1.165) is 0 Å². The van der Waals surface area contributed by atoms with Gasteiger partial charge < -0.3 is 19.2 Å². The normalized spacial score (nSPS) is 24.5. The van der Waals surface area contributed by atoms with Gasteiger partial charge in [-0.2, -0.15) is 0 Å². The molecule has 1 amide bonds. The Balaban J connectivity index is 1.75. The van der Waals surface area contributed by atoms with Crippen LogP contribution in [0, 0.1) is 5.82 Å². The van der Waals surface area contributed by atoms with Crippen LogP contribution in [0.3, 0.4) is 0 Å². The van der Waals surface area contributed by atoms with Gasteiger partial charge in [-0.15, -0.1) is 0 Å². The summed E-state index contributed by atoms with van der Waals surface area (Å²) in [4.78, 5) is 17.6. The lowest BCUT2D eigenvalue weighted by Crippen LogP contribution is -2.57. The van der Waals surface area contributed by atoms with Crippen molar-refractivity contribution >= 4 is 5.91 Å². The van der Waals surface area contributed by atoms with Crippen LogP contribution in [0.5, 0.6) is 5.75 Å². The molecule has 1 aromatic heterocycles. The SMILES string of the molecule is C[C@@]1(O)CCN(C(=O)c2cnco2)C[C@H]1Oc1cccc(F)c1. The number of rotatable bonds is 3. The number of hydrogen-bond acceptors (Lipinski definition) is 5. The average Bonchev–Trinajstić information content (AvgIpc) is 3.03. The molecule has 6 nitrogen and oxygen atoms in total. The molecule has 3 rings (SSSR count). The van der Waals surface area contributed by atoms with E-state index in [9.17, 15) is 14.3 Å². The number of likely N-dealkylation sites (tertiary alicyclic amines) is 1. The number of carbonyl (C=O) groups is 1. The van der Waals surface area contributed by atoms with Gasteiger partial charge in [-0.05, 0) is 25.5 Å². The predicted octanol–water partition coefficient (Wildman–Crippen LogP) is 1.86. The third-order valence-corrected chi connectivity index (χ3v) is 3.97. The second kappa shape index (κ2) is 6.00. The van der Waals surface area contributed by atoms with Crippen LogP contribution in [0.4, 0.5) is 4.39 Å². The van der Waals surface area contributed by atoms with Crippen molar-refractivity contribution in [2.24, 2.45) is 0 Å². The molecule has 0 saturated carbocycles. The fourth-order valence-electron chi connectivity index (χ4n) is 2.54. The number of halogens is 1. The summed E-state index contributed by atoms with van der Waals surface area (Å²) in [5.41, 5.74) is -1.12. The molecule has 0 aliphatic carbocycles. The number of piperidine rings is 1. The molecule has 1 aliphatic heterocycles. The maximum atomic E-state index is 13.3. The van der Waals surface area contributed by atoms with E-state index in [1.807, 2.05) is 0 Å². The van der Waals surface area contributed by atoms with Crippen molar-refractivity contribution in [3.63, 3.8) is 0 Å². The van der Waals surface area contributed by atoms with Crippen LogP contribution in [0.2, 0.25) is 0 Å². The number of benzene rings is 1. The molecule has 1 fully saturated rings. The van der Waals surface area contributed by atoms with Crippen LogP contribution in [-0.2, 0) is 0 Å². The van der Waals surface area contributed by atoms with E-state index in [1.165, 1.54) is 35.7 Å². The van der Waals surface area contributed by atoms with Crippen LogP contribution in [0.1, 0.15) is 23.9 Å². The number of ether oxygens (including phenoxy) is 1. The molecule has 7 heteroatoms. The van der Waals surface area contributed by atoms with Crippen LogP contribution in [0.15, 0.2) is 41.3 Å². The summed E-state index contributed by atoms with van der Waals surface area (Å²) in [7, 11) is 0. The Morgan fingerprint density at radius 2 is 2.39 bits per heavy atom. The van der Waals surface area contributed by atoms with Gasteiger partial charge in [0.1, 0.15) is 23.3 Å². The van der Waals surface area contributed by atoms with Gasteiger partial charge in [0.05, 0.1) is 12.7 Å². The smallest absolute Gasteiger partial charge is 0.291 e. The van der Waals surface area contributed by atoms with Crippen LogP contribution < -0.4 is 4.74 Å². The van der Waals surface area contributed by atoms with Gasteiger partial charge in [-0.3, -0.25) is 4.79 Å². The molecule has 0 spiro atoms. The highest BCUT2D eigenvalue weighted by Gasteiger charge is 2.41. The number of aliphatic hydroxyl groups is 1. The number of hydrogen-bond donors (Lipinski definition) is 1. The predicted molar refractivity (Wildman–Crippen MR) is 78.5 cm³/mol. The summed E-state index contributed by atoms with van der Waals surface area (Å²) in [6.45, 7) is 2.19. The molecule has 23 heavy (non-hydrogen) atoms. The minimum atomic E-state index is -1.12. The molecule has 122 valence electrons. The highest BCUT2D eigenvalue weighted by atomic mass is 19.1. The quantitative estimate of drug-likeness (QED) is 0.934. The Labute approximate surface area is 132 Å². The molecular weight excluding hydrogens is 303 g/mol. The zero-order valence-corrected chi connectivity index (χ0v) is 12.6. The van der Waals surface area contributed by atoms with Gasteiger partial charge in [0, 0.05) is 12.6 Å². The molecule has 2 aromatic rings. The molecule has 1 aromatic carbocycles. The topological polar surface area (TPSA) is 75.8 Å². The highest BCUT2D eigenvalue weighted by molar-refractivity contribution is 5.91. The number of oxazole rings is 1. The maximum absolute atomic E-state index is 13.3. The maximum Gasteiger partial charge on any atom is 0.291 e. The Morgan fingerprint density at radius 1 is 1.57 bits per heavy atom. The van der Waals surface area contributed by atoms with E-state index < -0.39 is 17.5 Å². The molecule has 1 N–H and O–H groups in total. The molecule has 1 saturated heterocycles. The summed E-state index contributed by atoms with van der Waals surface area (Å²) in [5.74, 6) is -0.293. The van der Waals surface area contributed by atoms with Gasteiger partial charge in [-0.25, -0.2) is 9.37 Å². The van der Waals surface area contributed by atoms with Crippen molar-refractivity contribution in [2.75, 3.05) is 13.1 Å². The van der Waals surface area contributed by atoms with Gasteiger partial charge in [0.15, 0.2) is 6.39 Å². The standard InChI is InChI=1S/C16H17FN2O4/c1-16(21)5-6-19(15(20)13-8-18-10-22-13)9-14(16)23-12-4-2-3-11(17)7-12/h2-4,7-8,10,14,21H,5-6,9H2,1H3/t14-,16-/m1/s1. The number of amides is 1. The number of nitrogens with zero attached hydrogens (tertiary/aromatic N) is 2. The van der Waals surface area contributed by atoms with Gasteiger partial charge in [-0.1, -0.05) is 6.07 Å². The fourth-order valence-corrected chi connectivity index (χ4v) is 2.54. The Hall–Kier alpha value is -2.41. The molecule has 2 atom stereocenters. The van der Waals surface area contributed by atoms with E-state index in [4.69, 9.17) is 9.15 Å². The summed E-state index contributed by atoms with van der Waals surface area (Å²) >= 11 is 0. The molecule has 1 aliphatic rings. The summed E-state index contributed by atoms with van der Waals surface area (Å²) in [6.07, 6.45) is 2.20. The van der Waals surface area contributed by atoms with Crippen molar-refractivity contribution in [1.29, 1.82) is 0 Å². The van der Waals surface area contributed by atoms with Crippen molar-refractivity contribution in [1.82, 2.24) is 9.88 Å². The monoisotopic (exact) mass is 320 g/mol. The Bertz CT molecular complexity index is 687. The minimum absolute atomic E-state index is 0.135. The Kier molecular flexibility index (Phi) is 4.04. The highest BCUT2D eigenvalue weighted by Crippen LogP contribution is 2.27. The van der Waals surface area contributed by atoms with Crippen molar-refractivity contribution in [3.8, 4) is 5.75 Å². The lowest BCUT2D eigenvalue weighted by atomic mass is 9.90. The summed E-state index contributed by atoms with van der Waals surface area (Å²) in [6, 6.07) is 5.69. The van der Waals surface area contributed by atoms with Gasteiger partial charge >= 0.3 is 0 Å².